The van der Waals surface area contributed by atoms with Gasteiger partial charge in [-0.05, 0) is 32.3 Å². The summed E-state index contributed by atoms with van der Waals surface area (Å²) in [5.41, 5.74) is -0.978. The van der Waals surface area contributed by atoms with Crippen molar-refractivity contribution in [2.75, 3.05) is 13.7 Å². The van der Waals surface area contributed by atoms with Crippen molar-refractivity contribution < 1.29 is 14.3 Å². The number of esters is 1. The maximum atomic E-state index is 12.2. The van der Waals surface area contributed by atoms with E-state index in [-0.39, 0.29) is 11.9 Å². The number of unbranched alkanes of at least 4 members (excludes halogenated alkanes) is 1. The minimum absolute atomic E-state index is 0.287. The standard InChI is InChI=1S/C16H29NO3/c1-7-10-11-13(8-2)12-20-15(19)16(4,5)17(6)14(18)9-3/h9,13H,3,7-8,10-12H2,1-2,4-6H3. The van der Waals surface area contributed by atoms with Gasteiger partial charge < -0.3 is 9.64 Å². The van der Waals surface area contributed by atoms with Gasteiger partial charge in [-0.25, -0.2) is 4.79 Å². The van der Waals surface area contributed by atoms with Gasteiger partial charge in [0.2, 0.25) is 5.91 Å². The monoisotopic (exact) mass is 283 g/mol. The zero-order valence-corrected chi connectivity index (χ0v) is 13.6. The van der Waals surface area contributed by atoms with Crippen LogP contribution >= 0.6 is 0 Å². The van der Waals surface area contributed by atoms with Crippen LogP contribution in [0.1, 0.15) is 53.4 Å². The summed E-state index contributed by atoms with van der Waals surface area (Å²) in [6.07, 6.45) is 5.56. The molecule has 0 heterocycles. The molecular formula is C16H29NO3. The highest BCUT2D eigenvalue weighted by molar-refractivity contribution is 5.92. The van der Waals surface area contributed by atoms with Gasteiger partial charge >= 0.3 is 5.97 Å². The van der Waals surface area contributed by atoms with E-state index in [0.717, 1.165) is 25.7 Å². The second kappa shape index (κ2) is 8.77. The lowest BCUT2D eigenvalue weighted by atomic mass is 10.00. The number of hydrogen-bond donors (Lipinski definition) is 0. The third-order valence-corrected chi connectivity index (χ3v) is 3.84. The van der Waals surface area contributed by atoms with E-state index < -0.39 is 5.54 Å². The van der Waals surface area contributed by atoms with E-state index >= 15 is 0 Å². The van der Waals surface area contributed by atoms with Crippen molar-refractivity contribution in [2.24, 2.45) is 5.92 Å². The summed E-state index contributed by atoms with van der Waals surface area (Å²) in [6, 6.07) is 0. The number of carbonyl (C=O) groups is 2. The van der Waals surface area contributed by atoms with Crippen molar-refractivity contribution in [3.63, 3.8) is 0 Å². The van der Waals surface area contributed by atoms with Gasteiger partial charge in [0.15, 0.2) is 0 Å². The molecule has 20 heavy (non-hydrogen) atoms. The fraction of sp³-hybridized carbons (Fsp3) is 0.750. The Morgan fingerprint density at radius 2 is 1.95 bits per heavy atom. The summed E-state index contributed by atoms with van der Waals surface area (Å²) in [5, 5.41) is 0. The highest BCUT2D eigenvalue weighted by Gasteiger charge is 2.36. The van der Waals surface area contributed by atoms with Gasteiger partial charge in [-0.2, -0.15) is 0 Å². The third kappa shape index (κ3) is 5.35. The maximum Gasteiger partial charge on any atom is 0.331 e. The molecule has 0 saturated carbocycles. The fourth-order valence-corrected chi connectivity index (χ4v) is 1.82. The predicted molar refractivity (Wildman–Crippen MR) is 81.3 cm³/mol. The molecule has 4 nitrogen and oxygen atoms in total. The van der Waals surface area contributed by atoms with Gasteiger partial charge in [-0.1, -0.05) is 39.7 Å². The van der Waals surface area contributed by atoms with Gasteiger partial charge in [0, 0.05) is 7.05 Å². The second-order valence-electron chi connectivity index (χ2n) is 5.68. The molecule has 0 aliphatic rings. The number of amides is 1. The Morgan fingerprint density at radius 3 is 2.40 bits per heavy atom. The van der Waals surface area contributed by atoms with Crippen LogP contribution in [0.15, 0.2) is 12.7 Å². The van der Waals surface area contributed by atoms with Gasteiger partial charge in [0.1, 0.15) is 5.54 Å². The highest BCUT2D eigenvalue weighted by atomic mass is 16.5. The van der Waals surface area contributed by atoms with Crippen LogP contribution in [0.4, 0.5) is 0 Å². The van der Waals surface area contributed by atoms with Crippen molar-refractivity contribution >= 4 is 11.9 Å². The molecule has 0 N–H and O–H groups in total. The van der Waals surface area contributed by atoms with Crippen LogP contribution in [-0.2, 0) is 14.3 Å². The Bertz CT molecular complexity index is 337. The van der Waals surface area contributed by atoms with Gasteiger partial charge in [-0.3, -0.25) is 4.79 Å². The molecule has 1 unspecified atom stereocenters. The average molecular weight is 283 g/mol. The lowest BCUT2D eigenvalue weighted by Gasteiger charge is -2.33. The summed E-state index contributed by atoms with van der Waals surface area (Å²) in [5.74, 6) is -0.259. The zero-order chi connectivity index (χ0) is 15.8. The number of rotatable bonds is 9. The lowest BCUT2D eigenvalue weighted by Crippen LogP contribution is -2.51. The van der Waals surface area contributed by atoms with Crippen molar-refractivity contribution in [3.05, 3.63) is 12.7 Å². The molecule has 0 aromatic heterocycles. The van der Waals surface area contributed by atoms with Crippen molar-refractivity contribution in [1.82, 2.24) is 4.90 Å². The van der Waals surface area contributed by atoms with Gasteiger partial charge in [0.25, 0.3) is 0 Å². The first-order valence-corrected chi connectivity index (χ1v) is 7.38. The van der Waals surface area contributed by atoms with Crippen molar-refractivity contribution in [2.45, 2.75) is 58.9 Å². The molecule has 0 rings (SSSR count). The van der Waals surface area contributed by atoms with Crippen LogP contribution < -0.4 is 0 Å². The molecule has 0 aromatic carbocycles. The molecule has 0 fully saturated rings. The smallest absolute Gasteiger partial charge is 0.331 e. The molecule has 0 aliphatic heterocycles. The first kappa shape index (κ1) is 18.7. The number of hydrogen-bond acceptors (Lipinski definition) is 3. The molecule has 1 amide bonds. The highest BCUT2D eigenvalue weighted by Crippen LogP contribution is 2.18. The minimum atomic E-state index is -0.978. The number of ether oxygens (including phenoxy) is 1. The van der Waals surface area contributed by atoms with Gasteiger partial charge in [-0.15, -0.1) is 0 Å². The molecule has 0 aliphatic carbocycles. The maximum absolute atomic E-state index is 12.2. The van der Waals surface area contributed by atoms with Crippen molar-refractivity contribution in [3.8, 4) is 0 Å². The topological polar surface area (TPSA) is 46.6 Å². The van der Waals surface area contributed by atoms with Crippen molar-refractivity contribution in [1.29, 1.82) is 0 Å². The molecule has 0 saturated heterocycles. The van der Waals surface area contributed by atoms with E-state index in [9.17, 15) is 9.59 Å². The molecular weight excluding hydrogens is 254 g/mol. The summed E-state index contributed by atoms with van der Waals surface area (Å²) < 4.78 is 5.41. The lowest BCUT2D eigenvalue weighted by molar-refractivity contribution is -0.160. The molecule has 0 bridgehead atoms. The molecule has 0 aromatic rings. The van der Waals surface area contributed by atoms with Crippen LogP contribution in [0.2, 0.25) is 0 Å². The van der Waals surface area contributed by atoms with Crippen LogP contribution in [0.3, 0.4) is 0 Å². The van der Waals surface area contributed by atoms with Gasteiger partial charge in [0.05, 0.1) is 6.61 Å². The zero-order valence-electron chi connectivity index (χ0n) is 13.6. The summed E-state index contributed by atoms with van der Waals surface area (Å²) in [4.78, 5) is 25.1. The summed E-state index contributed by atoms with van der Waals surface area (Å²) in [7, 11) is 1.58. The van der Waals surface area contributed by atoms with E-state index in [1.807, 2.05) is 0 Å². The van der Waals surface area contributed by atoms with Crippen LogP contribution in [0.5, 0.6) is 0 Å². The normalized spacial score (nSPS) is 12.7. The Balaban J connectivity index is 4.50. The molecule has 0 spiro atoms. The first-order valence-electron chi connectivity index (χ1n) is 7.38. The van der Waals surface area contributed by atoms with E-state index in [0.29, 0.717) is 12.5 Å². The SMILES string of the molecule is C=CC(=O)N(C)C(C)(C)C(=O)OCC(CC)CCCC. The number of nitrogens with zero attached hydrogens (tertiary/aromatic N) is 1. The molecule has 116 valence electrons. The van der Waals surface area contributed by atoms with Crippen LogP contribution in [-0.4, -0.2) is 36.0 Å². The Hall–Kier alpha value is -1.32. The Labute approximate surface area is 123 Å². The Kier molecular flexibility index (Phi) is 8.19. The molecule has 4 heteroatoms. The van der Waals surface area contributed by atoms with E-state index in [4.69, 9.17) is 4.74 Å². The largest absolute Gasteiger partial charge is 0.464 e. The van der Waals surface area contributed by atoms with E-state index in [2.05, 4.69) is 20.4 Å². The van der Waals surface area contributed by atoms with E-state index in [1.165, 1.54) is 11.0 Å². The Morgan fingerprint density at radius 1 is 1.35 bits per heavy atom. The first-order chi connectivity index (χ1) is 9.31. The van der Waals surface area contributed by atoms with Crippen LogP contribution in [0, 0.1) is 5.92 Å². The number of carbonyl (C=O) groups excluding carboxylic acids is 2. The average Bonchev–Trinajstić information content (AvgIpc) is 2.45. The predicted octanol–water partition coefficient (Wildman–Crippen LogP) is 3.17. The molecule has 0 radical (unpaired) electrons. The second-order valence-corrected chi connectivity index (χ2v) is 5.68. The molecule has 1 atom stereocenters. The quantitative estimate of drug-likeness (QED) is 0.482. The summed E-state index contributed by atoms with van der Waals surface area (Å²) in [6.45, 7) is 11.5. The third-order valence-electron chi connectivity index (χ3n) is 3.84. The number of likely N-dealkylation sites (N-methyl/N-ethyl adjacent to an activating group) is 1. The van der Waals surface area contributed by atoms with E-state index in [1.54, 1.807) is 20.9 Å². The van der Waals surface area contributed by atoms with Crippen LogP contribution in [0.25, 0.3) is 0 Å². The summed E-state index contributed by atoms with van der Waals surface area (Å²) >= 11 is 0. The minimum Gasteiger partial charge on any atom is -0.464 e. The fourth-order valence-electron chi connectivity index (χ4n) is 1.82.